The zero-order valence-corrected chi connectivity index (χ0v) is 26.4. The second kappa shape index (κ2) is 11.1. The van der Waals surface area contributed by atoms with E-state index in [-0.39, 0.29) is 23.4 Å². The lowest BCUT2D eigenvalue weighted by Crippen LogP contribution is -2.53. The number of hydrogen-bond donors (Lipinski definition) is 2. The molecule has 0 bridgehead atoms. The molecule has 2 amide bonds. The first-order chi connectivity index (χ1) is 21.4. The monoisotopic (exact) mass is 622 g/mol. The highest BCUT2D eigenvalue weighted by atomic mass is 19.1. The molecule has 0 radical (unpaired) electrons. The fourth-order valence-electron chi connectivity index (χ4n) is 7.88. The highest BCUT2D eigenvalue weighted by molar-refractivity contribution is 5.85. The number of anilines is 2. The smallest absolute Gasteiger partial charge is 0.412 e. The molecule has 3 saturated heterocycles. The number of carbonyl (C=O) groups is 2. The summed E-state index contributed by atoms with van der Waals surface area (Å²) in [7, 11) is 0. The third-order valence-corrected chi connectivity index (χ3v) is 10.1. The van der Waals surface area contributed by atoms with Gasteiger partial charge in [-0.2, -0.15) is 9.97 Å². The van der Waals surface area contributed by atoms with E-state index < -0.39 is 23.5 Å². The Morgan fingerprint density at radius 2 is 2.00 bits per heavy atom. The van der Waals surface area contributed by atoms with Crippen LogP contribution in [0.5, 0.6) is 6.01 Å². The maximum absolute atomic E-state index is 14.4. The molecule has 12 heteroatoms. The van der Waals surface area contributed by atoms with E-state index >= 15 is 0 Å². The molecule has 0 saturated carbocycles. The molecule has 1 aliphatic carbocycles. The van der Waals surface area contributed by atoms with Crippen molar-refractivity contribution < 1.29 is 28.2 Å². The fourth-order valence-corrected chi connectivity index (χ4v) is 7.88. The zero-order valence-electron chi connectivity index (χ0n) is 26.4. The second-order valence-corrected chi connectivity index (χ2v) is 14.4. The van der Waals surface area contributed by atoms with Gasteiger partial charge < -0.3 is 24.8 Å². The maximum atomic E-state index is 14.4. The first kappa shape index (κ1) is 30.2. The van der Waals surface area contributed by atoms with Crippen molar-refractivity contribution in [2.24, 2.45) is 11.7 Å². The van der Waals surface area contributed by atoms with Crippen LogP contribution in [0.25, 0.3) is 0 Å². The average Bonchev–Trinajstić information content (AvgIpc) is 3.46. The van der Waals surface area contributed by atoms with Crippen molar-refractivity contribution in [2.75, 3.05) is 43.0 Å². The van der Waals surface area contributed by atoms with E-state index in [0.717, 1.165) is 55.5 Å². The Morgan fingerprint density at radius 3 is 2.78 bits per heavy atom. The van der Waals surface area contributed by atoms with Crippen molar-refractivity contribution in [3.8, 4) is 6.01 Å². The van der Waals surface area contributed by atoms with Crippen molar-refractivity contribution in [3.05, 3.63) is 40.6 Å². The standard InChI is InChI=1S/C33H43FN6O5/c1-31(2,3)45-30(42)36-23-8-7-20-6-4-10-33(25(20)12-23)14-26-24(18-44-33)28(39-15-21(16-39)27(35)41)38-29(37-26)43-19-32-9-5-11-40(32)17-22(34)13-32/h7-8,12,21-22H,4-6,9-11,13-19H2,1-3H3,(H2,35,41)(H,36,42)/t22-,32+,33+/m1/s1. The third kappa shape index (κ3) is 5.71. The summed E-state index contributed by atoms with van der Waals surface area (Å²) < 4.78 is 33.0. The van der Waals surface area contributed by atoms with E-state index in [0.29, 0.717) is 57.2 Å². The van der Waals surface area contributed by atoms with Crippen LogP contribution in [0, 0.1) is 5.92 Å². The number of nitrogens with zero attached hydrogens (tertiary/aromatic N) is 4. The highest BCUT2D eigenvalue weighted by Crippen LogP contribution is 2.47. The fraction of sp³-hybridized carbons (Fsp3) is 0.636. The van der Waals surface area contributed by atoms with Crippen LogP contribution in [0.15, 0.2) is 18.2 Å². The number of aryl methyl sites for hydroxylation is 1. The Balaban J connectivity index is 1.19. The lowest BCUT2D eigenvalue weighted by Gasteiger charge is -2.44. The number of halogens is 1. The molecule has 242 valence electrons. The molecule has 2 aromatic rings. The number of rotatable bonds is 6. The van der Waals surface area contributed by atoms with Crippen molar-refractivity contribution in [2.45, 2.75) is 95.2 Å². The first-order valence-corrected chi connectivity index (χ1v) is 16.2. The highest BCUT2D eigenvalue weighted by Gasteiger charge is 2.50. The molecule has 1 spiro atoms. The van der Waals surface area contributed by atoms with Gasteiger partial charge in [-0.15, -0.1) is 0 Å². The lowest BCUT2D eigenvalue weighted by atomic mass is 9.74. The molecular weight excluding hydrogens is 579 g/mol. The third-order valence-electron chi connectivity index (χ3n) is 10.1. The van der Waals surface area contributed by atoms with Crippen LogP contribution in [0.3, 0.4) is 0 Å². The van der Waals surface area contributed by atoms with Gasteiger partial charge in [0.05, 0.1) is 29.4 Å². The van der Waals surface area contributed by atoms with Gasteiger partial charge in [0.15, 0.2) is 0 Å². The number of alkyl halides is 1. The number of carbonyl (C=O) groups excluding carboxylic acids is 2. The minimum absolute atomic E-state index is 0.233. The molecule has 3 fully saturated rings. The van der Waals surface area contributed by atoms with Gasteiger partial charge in [0.2, 0.25) is 5.91 Å². The Kier molecular flexibility index (Phi) is 7.43. The van der Waals surface area contributed by atoms with E-state index in [1.165, 1.54) is 5.56 Å². The number of hydrogen-bond acceptors (Lipinski definition) is 9. The number of amides is 2. The Morgan fingerprint density at radius 1 is 1.18 bits per heavy atom. The number of nitrogens with one attached hydrogen (secondary N) is 1. The maximum Gasteiger partial charge on any atom is 0.412 e. The minimum Gasteiger partial charge on any atom is -0.461 e. The number of fused-ring (bicyclic) bond motifs is 4. The van der Waals surface area contributed by atoms with Crippen molar-refractivity contribution in [1.29, 1.82) is 0 Å². The predicted molar refractivity (Wildman–Crippen MR) is 165 cm³/mol. The van der Waals surface area contributed by atoms with Gasteiger partial charge in [0.1, 0.15) is 24.2 Å². The number of benzene rings is 1. The van der Waals surface area contributed by atoms with E-state index in [1.807, 2.05) is 37.8 Å². The molecule has 4 aliphatic heterocycles. The van der Waals surface area contributed by atoms with Gasteiger partial charge in [-0.3, -0.25) is 15.0 Å². The molecule has 7 rings (SSSR count). The zero-order chi connectivity index (χ0) is 31.6. The van der Waals surface area contributed by atoms with Gasteiger partial charge in [0, 0.05) is 43.7 Å². The van der Waals surface area contributed by atoms with Crippen LogP contribution in [-0.2, 0) is 39.3 Å². The molecule has 45 heavy (non-hydrogen) atoms. The van der Waals surface area contributed by atoms with Gasteiger partial charge in [0.25, 0.3) is 0 Å². The minimum atomic E-state index is -0.848. The summed E-state index contributed by atoms with van der Waals surface area (Å²) in [5.41, 5.74) is 8.61. The second-order valence-electron chi connectivity index (χ2n) is 14.4. The van der Waals surface area contributed by atoms with E-state index in [2.05, 4.69) is 16.3 Å². The van der Waals surface area contributed by atoms with Gasteiger partial charge >= 0.3 is 12.1 Å². The topological polar surface area (TPSA) is 132 Å². The van der Waals surface area contributed by atoms with Crippen LogP contribution in [0.1, 0.15) is 75.3 Å². The summed E-state index contributed by atoms with van der Waals surface area (Å²) in [4.78, 5) is 38.4. The van der Waals surface area contributed by atoms with Crippen molar-refractivity contribution >= 4 is 23.5 Å². The van der Waals surface area contributed by atoms with Gasteiger partial charge in [-0.05, 0) is 82.7 Å². The predicted octanol–water partition coefficient (Wildman–Crippen LogP) is 4.00. The average molecular weight is 623 g/mol. The van der Waals surface area contributed by atoms with E-state index in [9.17, 15) is 14.0 Å². The van der Waals surface area contributed by atoms with Gasteiger partial charge in [-0.25, -0.2) is 9.18 Å². The lowest BCUT2D eigenvalue weighted by molar-refractivity contribution is -0.122. The number of nitrogens with two attached hydrogens (primary N) is 1. The van der Waals surface area contributed by atoms with E-state index in [1.54, 1.807) is 0 Å². The molecule has 11 nitrogen and oxygen atoms in total. The van der Waals surface area contributed by atoms with Crippen LogP contribution in [0.2, 0.25) is 0 Å². The van der Waals surface area contributed by atoms with E-state index in [4.69, 9.17) is 29.9 Å². The molecule has 0 unspecified atom stereocenters. The van der Waals surface area contributed by atoms with Crippen LogP contribution in [-0.4, -0.2) is 77.0 Å². The summed E-state index contributed by atoms with van der Waals surface area (Å²) in [6.07, 6.45) is 4.21. The Bertz CT molecular complexity index is 1510. The first-order valence-electron chi connectivity index (χ1n) is 16.2. The van der Waals surface area contributed by atoms with Gasteiger partial charge in [-0.1, -0.05) is 6.07 Å². The molecule has 3 N–H and O–H groups in total. The summed E-state index contributed by atoms with van der Waals surface area (Å²) in [5, 5.41) is 2.88. The molecule has 1 aromatic heterocycles. The quantitative estimate of drug-likeness (QED) is 0.491. The molecule has 1 aromatic carbocycles. The molecule has 5 aliphatic rings. The number of ether oxygens (including phenoxy) is 3. The van der Waals surface area contributed by atoms with Crippen molar-refractivity contribution in [1.82, 2.24) is 14.9 Å². The SMILES string of the molecule is CC(C)(C)OC(=O)Nc1ccc2c(c1)[C@]1(CCC2)Cc2nc(OC[C@@]34CCCN3C[C@H](F)C4)nc(N3CC(C(N)=O)C3)c2CO1. The molecular formula is C33H43FN6O5. The molecule has 3 atom stereocenters. The van der Waals surface area contributed by atoms with Crippen molar-refractivity contribution in [3.63, 3.8) is 0 Å². The summed E-state index contributed by atoms with van der Waals surface area (Å²) in [6, 6.07) is 6.22. The van der Waals surface area contributed by atoms with Crippen LogP contribution < -0.4 is 20.7 Å². The summed E-state index contributed by atoms with van der Waals surface area (Å²) in [6.45, 7) is 8.42. The Labute approximate surface area is 263 Å². The normalized spacial score (nSPS) is 27.8. The van der Waals surface area contributed by atoms with Crippen LogP contribution >= 0.6 is 0 Å². The molecule has 5 heterocycles. The number of aromatic nitrogens is 2. The summed E-state index contributed by atoms with van der Waals surface area (Å²) in [5.74, 6) is 0.148. The Hall–Kier alpha value is -3.51. The van der Waals surface area contributed by atoms with Crippen LogP contribution in [0.4, 0.5) is 20.7 Å². The summed E-state index contributed by atoms with van der Waals surface area (Å²) >= 11 is 0. The largest absolute Gasteiger partial charge is 0.461 e. The number of primary amides is 1.